The Morgan fingerprint density at radius 2 is 1.85 bits per heavy atom. The predicted octanol–water partition coefficient (Wildman–Crippen LogP) is 3.69. The molecule has 5 nitrogen and oxygen atoms in total. The molecule has 1 amide bonds. The van der Waals surface area contributed by atoms with Crippen LogP contribution in [-0.2, 0) is 10.0 Å². The summed E-state index contributed by atoms with van der Waals surface area (Å²) >= 11 is 0. The standard InChI is InChI=1S/C21H26N2O3S/c1-16-9-11-20(12-10-16)27(25,26)22(3)19-8-4-7-18(14-19)21(24)23-13-5-6-17(2)15-23/h4,7-12,14,17H,5-6,13,15H2,1-3H3/t17-/m1/s1. The summed E-state index contributed by atoms with van der Waals surface area (Å²) < 4.78 is 27.0. The van der Waals surface area contributed by atoms with Crippen molar-refractivity contribution >= 4 is 21.6 Å². The van der Waals surface area contributed by atoms with Crippen LogP contribution in [0.4, 0.5) is 5.69 Å². The van der Waals surface area contributed by atoms with E-state index in [1.54, 1.807) is 48.5 Å². The van der Waals surface area contributed by atoms with Gasteiger partial charge in [-0.3, -0.25) is 9.10 Å². The van der Waals surface area contributed by atoms with Gasteiger partial charge in [0.1, 0.15) is 0 Å². The van der Waals surface area contributed by atoms with Gasteiger partial charge in [0.15, 0.2) is 0 Å². The molecule has 0 bridgehead atoms. The molecule has 0 unspecified atom stereocenters. The summed E-state index contributed by atoms with van der Waals surface area (Å²) in [7, 11) is -2.16. The summed E-state index contributed by atoms with van der Waals surface area (Å²) in [6.07, 6.45) is 2.15. The van der Waals surface area contributed by atoms with E-state index < -0.39 is 10.0 Å². The molecule has 0 radical (unpaired) electrons. The molecule has 0 saturated carbocycles. The van der Waals surface area contributed by atoms with Crippen LogP contribution in [0, 0.1) is 12.8 Å². The Balaban J connectivity index is 1.86. The van der Waals surface area contributed by atoms with Gasteiger partial charge in [-0.15, -0.1) is 0 Å². The van der Waals surface area contributed by atoms with Crippen LogP contribution in [0.15, 0.2) is 53.4 Å². The van der Waals surface area contributed by atoms with Gasteiger partial charge in [-0.2, -0.15) is 0 Å². The molecule has 1 aliphatic heterocycles. The van der Waals surface area contributed by atoms with Gasteiger partial charge in [-0.1, -0.05) is 30.7 Å². The number of carbonyl (C=O) groups excluding carboxylic acids is 1. The van der Waals surface area contributed by atoms with Gasteiger partial charge in [0, 0.05) is 25.7 Å². The molecule has 1 fully saturated rings. The Morgan fingerprint density at radius 1 is 1.15 bits per heavy atom. The van der Waals surface area contributed by atoms with E-state index in [1.165, 1.54) is 11.4 Å². The molecule has 3 rings (SSSR count). The van der Waals surface area contributed by atoms with E-state index in [9.17, 15) is 13.2 Å². The van der Waals surface area contributed by atoms with Crippen molar-refractivity contribution in [3.63, 3.8) is 0 Å². The van der Waals surface area contributed by atoms with E-state index in [0.29, 0.717) is 17.2 Å². The third-order valence-corrected chi connectivity index (χ3v) is 6.88. The van der Waals surface area contributed by atoms with Gasteiger partial charge in [0.2, 0.25) is 0 Å². The number of nitrogens with zero attached hydrogens (tertiary/aromatic N) is 2. The first-order valence-corrected chi connectivity index (χ1v) is 10.7. The number of carbonyl (C=O) groups is 1. The van der Waals surface area contributed by atoms with E-state index >= 15 is 0 Å². The van der Waals surface area contributed by atoms with Gasteiger partial charge in [-0.25, -0.2) is 8.42 Å². The number of aryl methyl sites for hydroxylation is 1. The summed E-state index contributed by atoms with van der Waals surface area (Å²) in [5.41, 5.74) is 2.00. The topological polar surface area (TPSA) is 57.7 Å². The summed E-state index contributed by atoms with van der Waals surface area (Å²) in [5, 5.41) is 0. The minimum Gasteiger partial charge on any atom is -0.338 e. The Kier molecular flexibility index (Phi) is 5.56. The highest BCUT2D eigenvalue weighted by molar-refractivity contribution is 7.92. The Labute approximate surface area is 161 Å². The van der Waals surface area contributed by atoms with E-state index in [0.717, 1.165) is 31.5 Å². The second kappa shape index (κ2) is 7.72. The Hall–Kier alpha value is -2.34. The maximum Gasteiger partial charge on any atom is 0.264 e. The first kappa shape index (κ1) is 19.4. The molecule has 0 aromatic heterocycles. The lowest BCUT2D eigenvalue weighted by atomic mass is 9.99. The lowest BCUT2D eigenvalue weighted by Gasteiger charge is -2.31. The van der Waals surface area contributed by atoms with Crippen molar-refractivity contribution in [3.05, 3.63) is 59.7 Å². The summed E-state index contributed by atoms with van der Waals surface area (Å²) in [4.78, 5) is 14.9. The van der Waals surface area contributed by atoms with Crippen LogP contribution in [0.3, 0.4) is 0 Å². The number of piperidine rings is 1. The molecule has 1 heterocycles. The number of benzene rings is 2. The number of sulfonamides is 1. The van der Waals surface area contributed by atoms with Gasteiger partial charge < -0.3 is 4.90 Å². The lowest BCUT2D eigenvalue weighted by molar-refractivity contribution is 0.0683. The van der Waals surface area contributed by atoms with Crippen LogP contribution in [0.25, 0.3) is 0 Å². The molecule has 1 atom stereocenters. The highest BCUT2D eigenvalue weighted by atomic mass is 32.2. The van der Waals surface area contributed by atoms with E-state index in [2.05, 4.69) is 6.92 Å². The highest BCUT2D eigenvalue weighted by Crippen LogP contribution is 2.25. The molecule has 144 valence electrons. The molecular weight excluding hydrogens is 360 g/mol. The average molecular weight is 387 g/mol. The normalized spacial score (nSPS) is 17.6. The lowest BCUT2D eigenvalue weighted by Crippen LogP contribution is -2.39. The molecule has 0 aliphatic carbocycles. The third-order valence-electron chi connectivity index (χ3n) is 5.08. The van der Waals surface area contributed by atoms with Crippen molar-refractivity contribution in [2.75, 3.05) is 24.4 Å². The Bertz CT molecular complexity index is 923. The van der Waals surface area contributed by atoms with Crippen LogP contribution in [0.2, 0.25) is 0 Å². The molecule has 2 aromatic carbocycles. The molecule has 1 aliphatic rings. The van der Waals surface area contributed by atoms with E-state index in [-0.39, 0.29) is 10.8 Å². The fraction of sp³-hybridized carbons (Fsp3) is 0.381. The molecule has 0 N–H and O–H groups in total. The fourth-order valence-corrected chi connectivity index (χ4v) is 4.59. The number of likely N-dealkylation sites (tertiary alicyclic amines) is 1. The monoisotopic (exact) mass is 386 g/mol. The highest BCUT2D eigenvalue weighted by Gasteiger charge is 2.24. The maximum absolute atomic E-state index is 12.9. The molecule has 2 aromatic rings. The second-order valence-corrected chi connectivity index (χ2v) is 9.30. The van der Waals surface area contributed by atoms with Crippen molar-refractivity contribution in [2.24, 2.45) is 5.92 Å². The van der Waals surface area contributed by atoms with Gasteiger partial charge in [0.25, 0.3) is 15.9 Å². The van der Waals surface area contributed by atoms with E-state index in [4.69, 9.17) is 0 Å². The van der Waals surface area contributed by atoms with Crippen molar-refractivity contribution < 1.29 is 13.2 Å². The summed E-state index contributed by atoms with van der Waals surface area (Å²) in [5.74, 6) is 0.458. The summed E-state index contributed by atoms with van der Waals surface area (Å²) in [6, 6.07) is 13.6. The van der Waals surface area contributed by atoms with Crippen LogP contribution in [0.5, 0.6) is 0 Å². The zero-order chi connectivity index (χ0) is 19.6. The number of hydrogen-bond donors (Lipinski definition) is 0. The zero-order valence-corrected chi connectivity index (χ0v) is 16.9. The quantitative estimate of drug-likeness (QED) is 0.805. The van der Waals surface area contributed by atoms with Gasteiger partial charge in [0.05, 0.1) is 10.6 Å². The fourth-order valence-electron chi connectivity index (χ4n) is 3.40. The van der Waals surface area contributed by atoms with E-state index in [1.807, 2.05) is 11.8 Å². The first-order valence-electron chi connectivity index (χ1n) is 9.24. The van der Waals surface area contributed by atoms with Crippen molar-refractivity contribution in [1.82, 2.24) is 4.90 Å². The van der Waals surface area contributed by atoms with Crippen molar-refractivity contribution in [3.8, 4) is 0 Å². The minimum absolute atomic E-state index is 0.0375. The predicted molar refractivity (Wildman–Crippen MR) is 108 cm³/mol. The van der Waals surface area contributed by atoms with Crippen molar-refractivity contribution in [2.45, 2.75) is 31.6 Å². The second-order valence-electron chi connectivity index (χ2n) is 7.33. The largest absolute Gasteiger partial charge is 0.338 e. The Morgan fingerprint density at radius 3 is 2.52 bits per heavy atom. The van der Waals surface area contributed by atoms with Crippen molar-refractivity contribution in [1.29, 1.82) is 0 Å². The maximum atomic E-state index is 12.9. The zero-order valence-electron chi connectivity index (χ0n) is 16.1. The third kappa shape index (κ3) is 4.16. The smallest absolute Gasteiger partial charge is 0.264 e. The van der Waals surface area contributed by atoms with Crippen LogP contribution >= 0.6 is 0 Å². The van der Waals surface area contributed by atoms with Gasteiger partial charge >= 0.3 is 0 Å². The van der Waals surface area contributed by atoms with Crippen LogP contribution < -0.4 is 4.31 Å². The minimum atomic E-state index is -3.68. The number of anilines is 1. The number of amides is 1. The SMILES string of the molecule is Cc1ccc(S(=O)(=O)N(C)c2cccc(C(=O)N3CCC[C@@H](C)C3)c2)cc1. The molecule has 27 heavy (non-hydrogen) atoms. The average Bonchev–Trinajstić information content (AvgIpc) is 2.67. The first-order chi connectivity index (χ1) is 12.8. The van der Waals surface area contributed by atoms with Crippen LogP contribution in [0.1, 0.15) is 35.7 Å². The number of rotatable bonds is 4. The van der Waals surface area contributed by atoms with Crippen LogP contribution in [-0.4, -0.2) is 39.4 Å². The summed E-state index contributed by atoms with van der Waals surface area (Å²) in [6.45, 7) is 5.57. The molecule has 1 saturated heterocycles. The molecule has 0 spiro atoms. The molecule has 6 heteroatoms. The molecular formula is C21H26N2O3S. The number of hydrogen-bond acceptors (Lipinski definition) is 3. The van der Waals surface area contributed by atoms with Gasteiger partial charge in [-0.05, 0) is 56.0 Å².